The Hall–Kier alpha value is -1.93. The monoisotopic (exact) mass is 295 g/mol. The Labute approximate surface area is 117 Å². The van der Waals surface area contributed by atoms with Gasteiger partial charge >= 0.3 is 0 Å². The maximum Gasteiger partial charge on any atom is 0.260 e. The Morgan fingerprint density at radius 3 is 2.95 bits per heavy atom. The lowest BCUT2D eigenvalue weighted by Crippen LogP contribution is -2.27. The lowest BCUT2D eigenvalue weighted by atomic mass is 10.3. The molecule has 2 aromatic rings. The van der Waals surface area contributed by atoms with Crippen molar-refractivity contribution in [2.45, 2.75) is 18.4 Å². The number of pyridine rings is 1. The molecule has 0 aliphatic carbocycles. The zero-order valence-corrected chi connectivity index (χ0v) is 11.9. The van der Waals surface area contributed by atoms with Gasteiger partial charge in [0.1, 0.15) is 0 Å². The van der Waals surface area contributed by atoms with E-state index >= 15 is 0 Å². The molecule has 8 heteroatoms. The molecule has 20 heavy (non-hydrogen) atoms. The summed E-state index contributed by atoms with van der Waals surface area (Å²) < 4.78 is 27.0. The maximum absolute atomic E-state index is 12.2. The van der Waals surface area contributed by atoms with E-state index in [1.807, 2.05) is 6.92 Å². The van der Waals surface area contributed by atoms with E-state index in [0.29, 0.717) is 18.7 Å². The Morgan fingerprint density at radius 2 is 2.25 bits per heavy atom. The lowest BCUT2D eigenvalue weighted by Gasteiger charge is -2.10. The van der Waals surface area contributed by atoms with Crippen LogP contribution in [0.3, 0.4) is 0 Å². The van der Waals surface area contributed by atoms with Crippen molar-refractivity contribution in [1.29, 1.82) is 0 Å². The number of sulfonamides is 1. The number of nitrogens with one attached hydrogen (secondary N) is 3. The third kappa shape index (κ3) is 3.55. The second-order valence-electron chi connectivity index (χ2n) is 4.11. The van der Waals surface area contributed by atoms with Crippen LogP contribution in [0.1, 0.15) is 12.6 Å². The largest absolute Gasteiger partial charge is 0.383 e. The first-order valence-electron chi connectivity index (χ1n) is 6.29. The van der Waals surface area contributed by atoms with Crippen LogP contribution in [0.5, 0.6) is 0 Å². The van der Waals surface area contributed by atoms with Gasteiger partial charge in [-0.3, -0.25) is 0 Å². The van der Waals surface area contributed by atoms with Gasteiger partial charge in [-0.05, 0) is 19.1 Å². The van der Waals surface area contributed by atoms with Crippen molar-refractivity contribution < 1.29 is 8.42 Å². The molecule has 0 saturated carbocycles. The summed E-state index contributed by atoms with van der Waals surface area (Å²) in [6, 6.07) is 3.39. The molecule has 0 aromatic carbocycles. The standard InChI is InChI=1S/C12H17N5O2S/c1-2-14-11-4-3-6-15-12(11)20(18,19)17-7-5-10-8-13-9-16-10/h3-4,6,8-9,14,17H,2,5,7H2,1H3,(H,13,16). The molecule has 3 N–H and O–H groups in total. The fourth-order valence-corrected chi connectivity index (χ4v) is 2.88. The van der Waals surface area contributed by atoms with Crippen LogP contribution in [0.4, 0.5) is 5.69 Å². The number of anilines is 1. The van der Waals surface area contributed by atoms with Gasteiger partial charge in [0.05, 0.1) is 12.0 Å². The fourth-order valence-electron chi connectivity index (χ4n) is 1.74. The quantitative estimate of drug-likeness (QED) is 0.700. The second-order valence-corrected chi connectivity index (χ2v) is 5.79. The van der Waals surface area contributed by atoms with Gasteiger partial charge in [0.25, 0.3) is 10.0 Å². The molecule has 7 nitrogen and oxygen atoms in total. The van der Waals surface area contributed by atoms with E-state index in [1.54, 1.807) is 24.7 Å². The number of rotatable bonds is 7. The average Bonchev–Trinajstić information content (AvgIpc) is 2.92. The molecule has 0 spiro atoms. The number of nitrogens with zero attached hydrogens (tertiary/aromatic N) is 2. The highest BCUT2D eigenvalue weighted by molar-refractivity contribution is 7.89. The molecule has 2 aromatic heterocycles. The van der Waals surface area contributed by atoms with E-state index in [1.165, 1.54) is 6.20 Å². The van der Waals surface area contributed by atoms with Crippen LogP contribution >= 0.6 is 0 Å². The summed E-state index contributed by atoms with van der Waals surface area (Å²) >= 11 is 0. The molecule has 0 saturated heterocycles. The average molecular weight is 295 g/mol. The van der Waals surface area contributed by atoms with Crippen LogP contribution in [0.2, 0.25) is 0 Å². The smallest absolute Gasteiger partial charge is 0.260 e. The van der Waals surface area contributed by atoms with Crippen molar-refractivity contribution in [3.8, 4) is 0 Å². The highest BCUT2D eigenvalue weighted by Crippen LogP contribution is 2.17. The van der Waals surface area contributed by atoms with Gasteiger partial charge in [0, 0.05) is 37.6 Å². The molecule has 2 rings (SSSR count). The number of aromatic amines is 1. The summed E-state index contributed by atoms with van der Waals surface area (Å²) in [6.45, 7) is 2.81. The molecule has 0 aliphatic heterocycles. The third-order valence-electron chi connectivity index (χ3n) is 2.63. The van der Waals surface area contributed by atoms with Gasteiger partial charge in [-0.15, -0.1) is 0 Å². The first-order valence-corrected chi connectivity index (χ1v) is 7.77. The van der Waals surface area contributed by atoms with Gasteiger partial charge in [-0.25, -0.2) is 23.1 Å². The van der Waals surface area contributed by atoms with Crippen molar-refractivity contribution >= 4 is 15.7 Å². The van der Waals surface area contributed by atoms with Gasteiger partial charge in [0.2, 0.25) is 0 Å². The van der Waals surface area contributed by atoms with Crippen LogP contribution in [-0.4, -0.2) is 36.5 Å². The van der Waals surface area contributed by atoms with Gasteiger partial charge in [0.15, 0.2) is 5.03 Å². The normalized spacial score (nSPS) is 11.4. The van der Waals surface area contributed by atoms with Crippen molar-refractivity contribution in [1.82, 2.24) is 19.7 Å². The second kappa shape index (κ2) is 6.49. The summed E-state index contributed by atoms with van der Waals surface area (Å²) in [5.74, 6) is 0. The van der Waals surface area contributed by atoms with Crippen molar-refractivity contribution in [3.05, 3.63) is 36.5 Å². The van der Waals surface area contributed by atoms with Gasteiger partial charge in [-0.1, -0.05) is 0 Å². The minimum absolute atomic E-state index is 0.0199. The minimum atomic E-state index is -3.62. The van der Waals surface area contributed by atoms with Crippen molar-refractivity contribution in [2.75, 3.05) is 18.4 Å². The van der Waals surface area contributed by atoms with E-state index in [-0.39, 0.29) is 11.6 Å². The Bertz CT molecular complexity index is 640. The molecule has 0 radical (unpaired) electrons. The summed E-state index contributed by atoms with van der Waals surface area (Å²) in [5, 5.41) is 3.01. The molecule has 0 aliphatic rings. The molecule has 0 bridgehead atoms. The summed E-state index contributed by atoms with van der Waals surface area (Å²) in [4.78, 5) is 10.8. The highest BCUT2D eigenvalue weighted by atomic mass is 32.2. The zero-order chi connectivity index (χ0) is 14.4. The van der Waals surface area contributed by atoms with E-state index in [4.69, 9.17) is 0 Å². The van der Waals surface area contributed by atoms with Crippen molar-refractivity contribution in [2.24, 2.45) is 0 Å². The van der Waals surface area contributed by atoms with Gasteiger partial charge < -0.3 is 10.3 Å². The van der Waals surface area contributed by atoms with Crippen LogP contribution in [0.15, 0.2) is 35.9 Å². The van der Waals surface area contributed by atoms with E-state index in [2.05, 4.69) is 25.0 Å². The number of aromatic nitrogens is 3. The third-order valence-corrected chi connectivity index (χ3v) is 4.05. The summed E-state index contributed by atoms with van der Waals surface area (Å²) in [5.41, 5.74) is 1.38. The number of H-pyrrole nitrogens is 1. The molecule has 0 unspecified atom stereocenters. The maximum atomic E-state index is 12.2. The Kier molecular flexibility index (Phi) is 4.70. The number of imidazole rings is 1. The Balaban J connectivity index is 2.06. The minimum Gasteiger partial charge on any atom is -0.383 e. The van der Waals surface area contributed by atoms with Crippen LogP contribution in [0.25, 0.3) is 0 Å². The number of hydrogen-bond donors (Lipinski definition) is 3. The Morgan fingerprint density at radius 1 is 1.40 bits per heavy atom. The predicted molar refractivity (Wildman–Crippen MR) is 75.9 cm³/mol. The van der Waals surface area contributed by atoms with E-state index < -0.39 is 10.0 Å². The van der Waals surface area contributed by atoms with Crippen LogP contribution in [0, 0.1) is 0 Å². The van der Waals surface area contributed by atoms with Crippen molar-refractivity contribution in [3.63, 3.8) is 0 Å². The SMILES string of the molecule is CCNc1cccnc1S(=O)(=O)NCCc1cnc[nH]1. The predicted octanol–water partition coefficient (Wildman–Crippen LogP) is 0.757. The lowest BCUT2D eigenvalue weighted by molar-refractivity contribution is 0.578. The summed E-state index contributed by atoms with van der Waals surface area (Å²) in [6.07, 6.45) is 5.23. The molecule has 0 fully saturated rings. The molecule has 2 heterocycles. The van der Waals surface area contributed by atoms with Crippen LogP contribution < -0.4 is 10.0 Å². The molecular formula is C12H17N5O2S. The van der Waals surface area contributed by atoms with Gasteiger partial charge in [-0.2, -0.15) is 0 Å². The highest BCUT2D eigenvalue weighted by Gasteiger charge is 2.19. The van der Waals surface area contributed by atoms with Crippen LogP contribution in [-0.2, 0) is 16.4 Å². The molecule has 0 amide bonds. The molecular weight excluding hydrogens is 278 g/mol. The number of hydrogen-bond acceptors (Lipinski definition) is 5. The van der Waals surface area contributed by atoms with E-state index in [0.717, 1.165) is 5.69 Å². The van der Waals surface area contributed by atoms with E-state index in [9.17, 15) is 8.42 Å². The fraction of sp³-hybridized carbons (Fsp3) is 0.333. The first-order chi connectivity index (χ1) is 9.63. The molecule has 0 atom stereocenters. The first kappa shape index (κ1) is 14.5. The molecule has 108 valence electrons. The zero-order valence-electron chi connectivity index (χ0n) is 11.1. The summed E-state index contributed by atoms with van der Waals surface area (Å²) in [7, 11) is -3.62. The topological polar surface area (TPSA) is 99.8 Å².